The Balaban J connectivity index is 2.39. The van der Waals surface area contributed by atoms with E-state index in [0.29, 0.717) is 28.9 Å². The Morgan fingerprint density at radius 3 is 2.75 bits per heavy atom. The number of benzene rings is 1. The first-order valence-electron chi connectivity index (χ1n) is 6.64. The first kappa shape index (κ1) is 16.4. The topological polar surface area (TPSA) is 63.4 Å². The molecule has 1 heterocycles. The van der Waals surface area contributed by atoms with E-state index in [9.17, 15) is 8.42 Å². The minimum absolute atomic E-state index is 0.0182. The van der Waals surface area contributed by atoms with Crippen molar-refractivity contribution in [2.75, 3.05) is 13.1 Å². The van der Waals surface area contributed by atoms with Crippen LogP contribution in [-0.2, 0) is 10.0 Å². The van der Waals surface area contributed by atoms with Gasteiger partial charge in [-0.2, -0.15) is 4.31 Å². The third kappa shape index (κ3) is 3.44. The maximum Gasteiger partial charge on any atom is 0.244 e. The van der Waals surface area contributed by atoms with Crippen molar-refractivity contribution in [3.8, 4) is 0 Å². The molecule has 0 aromatic heterocycles. The number of hydrogen-bond acceptors (Lipinski definition) is 3. The monoisotopic (exact) mass is 424 g/mol. The van der Waals surface area contributed by atoms with E-state index in [0.717, 1.165) is 23.7 Å². The fourth-order valence-corrected chi connectivity index (χ4v) is 5.76. The molecule has 4 nitrogen and oxygen atoms in total. The summed E-state index contributed by atoms with van der Waals surface area (Å²) in [6.45, 7) is 1.09. The van der Waals surface area contributed by atoms with Crippen LogP contribution in [0.4, 0.5) is 0 Å². The van der Waals surface area contributed by atoms with Crippen LogP contribution in [0.3, 0.4) is 0 Å². The zero-order chi connectivity index (χ0) is 14.8. The molecule has 1 aliphatic heterocycles. The maximum absolute atomic E-state index is 12.9. The molecule has 0 bridgehead atoms. The van der Waals surface area contributed by atoms with Crippen LogP contribution < -0.4 is 5.73 Å². The summed E-state index contributed by atoms with van der Waals surface area (Å²) in [6.07, 6.45) is 3.58. The van der Waals surface area contributed by atoms with Gasteiger partial charge in [0.25, 0.3) is 0 Å². The first-order valence-corrected chi connectivity index (χ1v) is 9.66. The van der Waals surface area contributed by atoms with Gasteiger partial charge in [-0.25, -0.2) is 8.42 Å². The predicted molar refractivity (Wildman–Crippen MR) is 87.0 cm³/mol. The number of sulfonamides is 1. The van der Waals surface area contributed by atoms with Crippen molar-refractivity contribution in [1.82, 2.24) is 4.31 Å². The average molecular weight is 426 g/mol. The van der Waals surface area contributed by atoms with Crippen molar-refractivity contribution >= 4 is 41.9 Å². The molecule has 1 aromatic carbocycles. The molecule has 0 spiro atoms. The molecule has 1 unspecified atom stereocenters. The lowest BCUT2D eigenvalue weighted by Crippen LogP contribution is -2.44. The van der Waals surface area contributed by atoms with Gasteiger partial charge in [-0.1, -0.05) is 22.4 Å². The van der Waals surface area contributed by atoms with Crippen molar-refractivity contribution in [3.63, 3.8) is 0 Å². The molecule has 0 saturated carbocycles. The number of nitrogens with zero attached hydrogens (tertiary/aromatic N) is 1. The summed E-state index contributed by atoms with van der Waals surface area (Å²) in [5, 5.41) is 0. The second-order valence-corrected chi connectivity index (χ2v) is 8.55. The summed E-state index contributed by atoms with van der Waals surface area (Å²) < 4.78 is 28.7. The number of hydrogen-bond donors (Lipinski definition) is 1. The highest BCUT2D eigenvalue weighted by Gasteiger charge is 2.34. The summed E-state index contributed by atoms with van der Waals surface area (Å²) in [7, 11) is -3.49. The second-order valence-electron chi connectivity index (χ2n) is 4.92. The summed E-state index contributed by atoms with van der Waals surface area (Å²) in [5.74, 6) is 0. The molecule has 0 aliphatic carbocycles. The van der Waals surface area contributed by atoms with E-state index < -0.39 is 10.0 Å². The number of nitrogens with two attached hydrogens (primary N) is 1. The fraction of sp³-hybridized carbons (Fsp3) is 0.538. The van der Waals surface area contributed by atoms with Gasteiger partial charge in [-0.05, 0) is 59.9 Å². The summed E-state index contributed by atoms with van der Waals surface area (Å²) in [6, 6.07) is 5.23. The molecule has 2 rings (SSSR count). The van der Waals surface area contributed by atoms with Gasteiger partial charge in [-0.15, -0.1) is 0 Å². The zero-order valence-corrected chi connectivity index (χ0v) is 15.0. The molecule has 0 amide bonds. The third-order valence-electron chi connectivity index (χ3n) is 3.55. The van der Waals surface area contributed by atoms with Crippen LogP contribution in [0.15, 0.2) is 32.0 Å². The molecular weight excluding hydrogens is 408 g/mol. The molecule has 1 aromatic rings. The minimum Gasteiger partial charge on any atom is -0.330 e. The van der Waals surface area contributed by atoms with E-state index in [1.165, 1.54) is 0 Å². The highest BCUT2D eigenvalue weighted by Crippen LogP contribution is 2.32. The van der Waals surface area contributed by atoms with Gasteiger partial charge in [-0.3, -0.25) is 0 Å². The Kier molecular flexibility index (Phi) is 5.64. The standard InChI is InChI=1S/C13H18Br2N2O2S/c14-10-4-5-12(15)13(9-10)20(18,19)17-8-2-1-3-11(17)6-7-16/h4-5,9,11H,1-3,6-8,16H2. The Morgan fingerprint density at radius 2 is 2.05 bits per heavy atom. The van der Waals surface area contributed by atoms with Gasteiger partial charge in [0.2, 0.25) is 10.0 Å². The van der Waals surface area contributed by atoms with Crippen LogP contribution in [0.5, 0.6) is 0 Å². The van der Waals surface area contributed by atoms with Gasteiger partial charge in [0.1, 0.15) is 0 Å². The Morgan fingerprint density at radius 1 is 1.30 bits per heavy atom. The lowest BCUT2D eigenvalue weighted by molar-refractivity contribution is 0.243. The van der Waals surface area contributed by atoms with Crippen molar-refractivity contribution in [1.29, 1.82) is 0 Å². The van der Waals surface area contributed by atoms with Crippen LogP contribution in [0.25, 0.3) is 0 Å². The Hall–Kier alpha value is 0.0500. The van der Waals surface area contributed by atoms with Gasteiger partial charge < -0.3 is 5.73 Å². The molecule has 1 fully saturated rings. The molecule has 112 valence electrons. The third-order valence-corrected chi connectivity index (χ3v) is 6.99. The van der Waals surface area contributed by atoms with Gasteiger partial charge >= 0.3 is 0 Å². The average Bonchev–Trinajstić information content (AvgIpc) is 2.42. The van der Waals surface area contributed by atoms with Gasteiger partial charge in [0.15, 0.2) is 0 Å². The SMILES string of the molecule is NCCC1CCCCN1S(=O)(=O)c1cc(Br)ccc1Br. The molecular formula is C13H18Br2N2O2S. The predicted octanol–water partition coefficient (Wildman–Crippen LogP) is 3.10. The van der Waals surface area contributed by atoms with Crippen LogP contribution in [0, 0.1) is 0 Å². The van der Waals surface area contributed by atoms with Crippen LogP contribution >= 0.6 is 31.9 Å². The fourth-order valence-electron chi connectivity index (χ4n) is 2.57. The molecule has 2 N–H and O–H groups in total. The van der Waals surface area contributed by atoms with E-state index in [4.69, 9.17) is 5.73 Å². The van der Waals surface area contributed by atoms with Crippen LogP contribution in [-0.4, -0.2) is 31.9 Å². The minimum atomic E-state index is -3.49. The van der Waals surface area contributed by atoms with Crippen LogP contribution in [0.2, 0.25) is 0 Å². The van der Waals surface area contributed by atoms with E-state index in [-0.39, 0.29) is 6.04 Å². The zero-order valence-electron chi connectivity index (χ0n) is 11.1. The lowest BCUT2D eigenvalue weighted by Gasteiger charge is -2.34. The highest BCUT2D eigenvalue weighted by molar-refractivity contribution is 9.11. The van der Waals surface area contributed by atoms with E-state index in [1.807, 2.05) is 6.07 Å². The quantitative estimate of drug-likeness (QED) is 0.805. The number of piperidine rings is 1. The number of halogens is 2. The van der Waals surface area contributed by atoms with Crippen molar-refractivity contribution in [2.45, 2.75) is 36.6 Å². The smallest absolute Gasteiger partial charge is 0.244 e. The maximum atomic E-state index is 12.9. The van der Waals surface area contributed by atoms with Crippen molar-refractivity contribution in [2.24, 2.45) is 5.73 Å². The van der Waals surface area contributed by atoms with Crippen molar-refractivity contribution < 1.29 is 8.42 Å². The number of rotatable bonds is 4. The molecule has 1 aliphatic rings. The Bertz CT molecular complexity index is 576. The Labute approximate surface area is 137 Å². The molecule has 1 saturated heterocycles. The normalized spacial score (nSPS) is 21.1. The summed E-state index contributed by atoms with van der Waals surface area (Å²) in [5.41, 5.74) is 5.62. The van der Waals surface area contributed by atoms with Crippen molar-refractivity contribution in [3.05, 3.63) is 27.1 Å². The second kappa shape index (κ2) is 6.87. The van der Waals surface area contributed by atoms with E-state index in [2.05, 4.69) is 31.9 Å². The van der Waals surface area contributed by atoms with Gasteiger partial charge in [0, 0.05) is 21.5 Å². The van der Waals surface area contributed by atoms with E-state index in [1.54, 1.807) is 16.4 Å². The lowest BCUT2D eigenvalue weighted by atomic mass is 10.0. The van der Waals surface area contributed by atoms with Gasteiger partial charge in [0.05, 0.1) is 4.90 Å². The largest absolute Gasteiger partial charge is 0.330 e. The highest BCUT2D eigenvalue weighted by atomic mass is 79.9. The molecule has 7 heteroatoms. The molecule has 20 heavy (non-hydrogen) atoms. The first-order chi connectivity index (χ1) is 9.46. The van der Waals surface area contributed by atoms with Crippen LogP contribution in [0.1, 0.15) is 25.7 Å². The summed E-state index contributed by atoms with van der Waals surface area (Å²) in [4.78, 5) is 0.316. The molecule has 1 atom stereocenters. The molecule has 0 radical (unpaired) electrons. The van der Waals surface area contributed by atoms with E-state index >= 15 is 0 Å². The summed E-state index contributed by atoms with van der Waals surface area (Å²) >= 11 is 6.68.